The molecule has 0 heterocycles. The predicted molar refractivity (Wildman–Crippen MR) is 121 cm³/mol. The normalized spacial score (nSPS) is 11.9. The van der Waals surface area contributed by atoms with Gasteiger partial charge in [-0.05, 0) is 38.3 Å². The summed E-state index contributed by atoms with van der Waals surface area (Å²) in [6.45, 7) is 8.44. The molecule has 32 heavy (non-hydrogen) atoms. The summed E-state index contributed by atoms with van der Waals surface area (Å²) in [6, 6.07) is 1.48. The second-order valence-corrected chi connectivity index (χ2v) is 8.14. The molecule has 7 heteroatoms. The highest BCUT2D eigenvalue weighted by atomic mass is 16.5. The summed E-state index contributed by atoms with van der Waals surface area (Å²) in [7, 11) is 1.41. The minimum Gasteiger partial charge on any atom is -0.507 e. The van der Waals surface area contributed by atoms with Gasteiger partial charge in [0.25, 0.3) is 0 Å². The van der Waals surface area contributed by atoms with E-state index in [4.69, 9.17) is 4.74 Å². The first-order valence-electron chi connectivity index (χ1n) is 10.7. The van der Waals surface area contributed by atoms with Crippen LogP contribution in [0.25, 0.3) is 0 Å². The minimum atomic E-state index is -0.537. The molecule has 174 valence electrons. The van der Waals surface area contributed by atoms with Crippen molar-refractivity contribution in [3.63, 3.8) is 0 Å². The topological polar surface area (TPSA) is 124 Å². The van der Waals surface area contributed by atoms with Crippen molar-refractivity contribution < 1.29 is 34.8 Å². The van der Waals surface area contributed by atoms with E-state index in [1.165, 1.54) is 20.1 Å². The Kier molecular flexibility index (Phi) is 7.78. The van der Waals surface area contributed by atoms with E-state index in [-0.39, 0.29) is 51.7 Å². The summed E-state index contributed by atoms with van der Waals surface area (Å²) < 4.78 is 5.34. The van der Waals surface area contributed by atoms with Crippen LogP contribution in [0.2, 0.25) is 0 Å². The largest absolute Gasteiger partial charge is 0.507 e. The van der Waals surface area contributed by atoms with Crippen LogP contribution in [-0.2, 0) is 6.42 Å². The highest BCUT2D eigenvalue weighted by Crippen LogP contribution is 2.45. The molecule has 0 aliphatic heterocycles. The lowest BCUT2D eigenvalue weighted by Gasteiger charge is -2.20. The van der Waals surface area contributed by atoms with Crippen LogP contribution >= 0.6 is 0 Å². The number of ketones is 2. The molecule has 1 atom stereocenters. The first-order chi connectivity index (χ1) is 15.0. The molecule has 7 nitrogen and oxygen atoms in total. The minimum absolute atomic E-state index is 0.0132. The van der Waals surface area contributed by atoms with Crippen LogP contribution in [0.4, 0.5) is 0 Å². The summed E-state index contributed by atoms with van der Waals surface area (Å²) in [4.78, 5) is 25.4. The number of phenols is 4. The number of carbonyl (C=O) groups is 2. The van der Waals surface area contributed by atoms with Crippen LogP contribution < -0.4 is 4.74 Å². The SMILES string of the molecule is CCCC(=O)c1cc(Cc2c(O)c(C)c(O)c(C(=O)C(C)CC)c2O)c(O)c(C)c1OC. The number of carbonyl (C=O) groups excluding carboxylic acids is 2. The highest BCUT2D eigenvalue weighted by molar-refractivity contribution is 6.04. The molecule has 4 N–H and O–H groups in total. The van der Waals surface area contributed by atoms with E-state index in [0.717, 1.165) is 0 Å². The molecule has 0 saturated heterocycles. The average Bonchev–Trinajstić information content (AvgIpc) is 2.77. The number of Topliss-reactive ketones (excluding diaryl/α,β-unsaturated/α-hetero) is 2. The lowest BCUT2D eigenvalue weighted by Crippen LogP contribution is -2.12. The third-order valence-electron chi connectivity index (χ3n) is 5.97. The van der Waals surface area contributed by atoms with Crippen molar-refractivity contribution in [2.75, 3.05) is 7.11 Å². The van der Waals surface area contributed by atoms with Gasteiger partial charge in [0.05, 0.1) is 12.7 Å². The average molecular weight is 445 g/mol. The van der Waals surface area contributed by atoms with Crippen LogP contribution in [0, 0.1) is 19.8 Å². The second-order valence-electron chi connectivity index (χ2n) is 8.14. The van der Waals surface area contributed by atoms with E-state index in [1.807, 2.05) is 13.8 Å². The predicted octanol–water partition coefficient (Wildman–Crippen LogP) is 4.94. The number of phenolic OH excluding ortho intramolecular Hbond substituents is 4. The zero-order chi connectivity index (χ0) is 24.3. The van der Waals surface area contributed by atoms with Crippen LogP contribution in [0.1, 0.15) is 83.0 Å². The number of aromatic hydroxyl groups is 4. The zero-order valence-corrected chi connectivity index (χ0v) is 19.5. The molecule has 0 aliphatic rings. The third kappa shape index (κ3) is 4.38. The molecule has 1 unspecified atom stereocenters. The molecule has 0 bridgehead atoms. The summed E-state index contributed by atoms with van der Waals surface area (Å²) in [5.74, 6) is -2.30. The highest BCUT2D eigenvalue weighted by Gasteiger charge is 2.29. The number of hydrogen-bond donors (Lipinski definition) is 4. The van der Waals surface area contributed by atoms with Crippen LogP contribution in [-0.4, -0.2) is 39.1 Å². The van der Waals surface area contributed by atoms with Crippen molar-refractivity contribution in [2.24, 2.45) is 5.92 Å². The molecule has 0 spiro atoms. The van der Waals surface area contributed by atoms with Gasteiger partial charge in [0.2, 0.25) is 0 Å². The summed E-state index contributed by atoms with van der Waals surface area (Å²) in [5, 5.41) is 42.7. The van der Waals surface area contributed by atoms with Crippen molar-refractivity contribution in [2.45, 2.75) is 60.3 Å². The molecule has 2 aromatic carbocycles. The van der Waals surface area contributed by atoms with E-state index in [1.54, 1.807) is 13.8 Å². The van der Waals surface area contributed by atoms with Crippen molar-refractivity contribution in [3.8, 4) is 28.7 Å². The molecule has 0 fully saturated rings. The van der Waals surface area contributed by atoms with Gasteiger partial charge < -0.3 is 25.2 Å². The van der Waals surface area contributed by atoms with Gasteiger partial charge in [0.15, 0.2) is 11.6 Å². The molecule has 0 aromatic heterocycles. The number of rotatable bonds is 9. The van der Waals surface area contributed by atoms with Gasteiger partial charge in [-0.15, -0.1) is 0 Å². The Morgan fingerprint density at radius 2 is 1.59 bits per heavy atom. The van der Waals surface area contributed by atoms with Crippen LogP contribution in [0.3, 0.4) is 0 Å². The Hall–Kier alpha value is -3.22. The third-order valence-corrected chi connectivity index (χ3v) is 5.97. The lowest BCUT2D eigenvalue weighted by atomic mass is 9.88. The zero-order valence-electron chi connectivity index (χ0n) is 19.5. The summed E-state index contributed by atoms with van der Waals surface area (Å²) in [6.07, 6.45) is 1.27. The standard InChI is InChI=1S/C25H32O7/c1-7-9-18(26)16-10-15(21(28)14(5)25(16)32-6)11-17-22(29)13(4)23(30)19(24(17)31)20(27)12(3)8-2/h10,12,28-31H,7-9,11H2,1-6H3. The molecular formula is C25H32O7. The van der Waals surface area contributed by atoms with E-state index in [0.29, 0.717) is 30.4 Å². The second kappa shape index (κ2) is 9.94. The van der Waals surface area contributed by atoms with Crippen molar-refractivity contribution >= 4 is 11.6 Å². The Morgan fingerprint density at radius 1 is 0.969 bits per heavy atom. The Bertz CT molecular complexity index is 1050. The van der Waals surface area contributed by atoms with Crippen molar-refractivity contribution in [1.82, 2.24) is 0 Å². The fourth-order valence-corrected chi connectivity index (χ4v) is 3.75. The van der Waals surface area contributed by atoms with Gasteiger partial charge in [0.1, 0.15) is 34.3 Å². The number of hydrogen-bond acceptors (Lipinski definition) is 7. The number of ether oxygens (including phenoxy) is 1. The van der Waals surface area contributed by atoms with Crippen molar-refractivity contribution in [3.05, 3.63) is 39.4 Å². The monoisotopic (exact) mass is 444 g/mol. The first-order valence-corrected chi connectivity index (χ1v) is 10.7. The maximum atomic E-state index is 12.8. The molecule has 0 saturated carbocycles. The Balaban J connectivity index is 2.73. The van der Waals surface area contributed by atoms with Gasteiger partial charge >= 0.3 is 0 Å². The lowest BCUT2D eigenvalue weighted by molar-refractivity contribution is 0.0920. The van der Waals surface area contributed by atoms with Gasteiger partial charge in [-0.25, -0.2) is 0 Å². The molecule has 0 radical (unpaired) electrons. The molecule has 2 rings (SSSR count). The number of methoxy groups -OCH3 is 1. The van der Waals surface area contributed by atoms with Crippen LogP contribution in [0.15, 0.2) is 6.07 Å². The molecule has 2 aromatic rings. The van der Waals surface area contributed by atoms with Gasteiger partial charge in [-0.3, -0.25) is 9.59 Å². The smallest absolute Gasteiger partial charge is 0.173 e. The maximum absolute atomic E-state index is 12.8. The fourth-order valence-electron chi connectivity index (χ4n) is 3.75. The van der Waals surface area contributed by atoms with Crippen LogP contribution in [0.5, 0.6) is 28.7 Å². The summed E-state index contributed by atoms with van der Waals surface area (Å²) >= 11 is 0. The summed E-state index contributed by atoms with van der Waals surface area (Å²) in [5.41, 5.74) is 0.717. The molecular weight excluding hydrogens is 412 g/mol. The molecule has 0 amide bonds. The van der Waals surface area contributed by atoms with E-state index in [2.05, 4.69) is 0 Å². The van der Waals surface area contributed by atoms with Gasteiger partial charge in [-0.1, -0.05) is 20.8 Å². The molecule has 0 aliphatic carbocycles. The maximum Gasteiger partial charge on any atom is 0.173 e. The van der Waals surface area contributed by atoms with Gasteiger partial charge in [-0.2, -0.15) is 0 Å². The van der Waals surface area contributed by atoms with E-state index >= 15 is 0 Å². The number of benzene rings is 2. The van der Waals surface area contributed by atoms with Crippen molar-refractivity contribution in [1.29, 1.82) is 0 Å². The fraction of sp³-hybridized carbons (Fsp3) is 0.440. The van der Waals surface area contributed by atoms with Gasteiger partial charge in [0, 0.05) is 35.4 Å². The van der Waals surface area contributed by atoms with E-state index in [9.17, 15) is 30.0 Å². The van der Waals surface area contributed by atoms with E-state index < -0.39 is 23.2 Å². The Labute approximate surface area is 188 Å². The quantitative estimate of drug-likeness (QED) is 0.404. The first kappa shape index (κ1) is 25.0. The Morgan fingerprint density at radius 3 is 2.12 bits per heavy atom.